The van der Waals surface area contributed by atoms with Crippen molar-refractivity contribution >= 4 is 22.9 Å². The van der Waals surface area contributed by atoms with Crippen LogP contribution in [0.3, 0.4) is 0 Å². The fourth-order valence-electron chi connectivity index (χ4n) is 1.24. The summed E-state index contributed by atoms with van der Waals surface area (Å²) >= 11 is 7.55. The lowest BCUT2D eigenvalue weighted by atomic mass is 10.0. The van der Waals surface area contributed by atoms with Crippen LogP contribution in [-0.2, 0) is 0 Å². The topological polar surface area (TPSA) is 0 Å². The van der Waals surface area contributed by atoms with Crippen molar-refractivity contribution in [2.75, 3.05) is 0 Å². The summed E-state index contributed by atoms with van der Waals surface area (Å²) in [6.07, 6.45) is 2.43. The lowest BCUT2D eigenvalue weighted by Gasteiger charge is -2.07. The molecular weight excluding hydrogens is 176 g/mol. The first kappa shape index (κ1) is 9.08. The molecule has 62 valence electrons. The molecule has 0 nitrogen and oxygen atoms in total. The number of hydrogen-bond acceptors (Lipinski definition) is 1. The number of rotatable bonds is 3. The van der Waals surface area contributed by atoms with Gasteiger partial charge in [0.05, 0.1) is 4.34 Å². The van der Waals surface area contributed by atoms with Gasteiger partial charge >= 0.3 is 0 Å². The third-order valence-electron chi connectivity index (χ3n) is 1.98. The Labute approximate surface area is 77.2 Å². The van der Waals surface area contributed by atoms with Crippen LogP contribution in [-0.4, -0.2) is 0 Å². The summed E-state index contributed by atoms with van der Waals surface area (Å²) < 4.78 is 0.909. The maximum Gasteiger partial charge on any atom is 0.0931 e. The molecule has 0 bridgehead atoms. The normalized spacial score (nSPS) is 10.9. The zero-order chi connectivity index (χ0) is 8.27. The second-order valence-electron chi connectivity index (χ2n) is 2.66. The SMILES string of the molecule is CCC(CC)c1ccc(Cl)s1. The van der Waals surface area contributed by atoms with Crippen molar-refractivity contribution in [1.82, 2.24) is 0 Å². The molecule has 1 aromatic heterocycles. The van der Waals surface area contributed by atoms with Gasteiger partial charge in [0.25, 0.3) is 0 Å². The highest BCUT2D eigenvalue weighted by molar-refractivity contribution is 7.16. The molecule has 0 N–H and O–H groups in total. The molecule has 0 radical (unpaired) electrons. The molecular formula is C9H13ClS. The summed E-state index contributed by atoms with van der Waals surface area (Å²) in [4.78, 5) is 1.43. The highest BCUT2D eigenvalue weighted by Crippen LogP contribution is 2.31. The Morgan fingerprint density at radius 2 is 2.00 bits per heavy atom. The van der Waals surface area contributed by atoms with E-state index in [1.165, 1.54) is 17.7 Å². The van der Waals surface area contributed by atoms with E-state index in [4.69, 9.17) is 11.6 Å². The minimum Gasteiger partial charge on any atom is -0.128 e. The van der Waals surface area contributed by atoms with Gasteiger partial charge in [-0.05, 0) is 30.9 Å². The van der Waals surface area contributed by atoms with Crippen LogP contribution in [0.2, 0.25) is 4.34 Å². The monoisotopic (exact) mass is 188 g/mol. The predicted molar refractivity (Wildman–Crippen MR) is 52.7 cm³/mol. The molecule has 0 aromatic carbocycles. The summed E-state index contributed by atoms with van der Waals surface area (Å²) in [6.45, 7) is 4.45. The molecule has 0 aliphatic carbocycles. The summed E-state index contributed by atoms with van der Waals surface area (Å²) in [6, 6.07) is 4.13. The van der Waals surface area contributed by atoms with Crippen LogP contribution in [0.15, 0.2) is 12.1 Å². The first-order valence-corrected chi connectivity index (χ1v) is 5.22. The number of thiophene rings is 1. The molecule has 1 aromatic rings. The highest BCUT2D eigenvalue weighted by Gasteiger charge is 2.08. The molecule has 0 saturated heterocycles. The van der Waals surface area contributed by atoms with Gasteiger partial charge in [0, 0.05) is 4.88 Å². The summed E-state index contributed by atoms with van der Waals surface area (Å²) in [5.74, 6) is 0.715. The Kier molecular flexibility index (Phi) is 3.41. The average Bonchev–Trinajstić information content (AvgIpc) is 2.39. The Bertz CT molecular complexity index is 213. The number of hydrogen-bond donors (Lipinski definition) is 0. The van der Waals surface area contributed by atoms with Crippen molar-refractivity contribution < 1.29 is 0 Å². The van der Waals surface area contributed by atoms with Crippen LogP contribution < -0.4 is 0 Å². The molecule has 0 spiro atoms. The third kappa shape index (κ3) is 2.21. The van der Waals surface area contributed by atoms with E-state index in [9.17, 15) is 0 Å². The summed E-state index contributed by atoms with van der Waals surface area (Å²) in [5.41, 5.74) is 0. The minimum absolute atomic E-state index is 0.715. The molecule has 0 aliphatic rings. The van der Waals surface area contributed by atoms with Crippen molar-refractivity contribution in [3.63, 3.8) is 0 Å². The van der Waals surface area contributed by atoms with Gasteiger partial charge in [-0.15, -0.1) is 11.3 Å². The standard InChI is InChI=1S/C9H13ClS/c1-3-7(4-2)8-5-6-9(10)11-8/h5-7H,3-4H2,1-2H3. The zero-order valence-corrected chi connectivity index (χ0v) is 8.50. The van der Waals surface area contributed by atoms with E-state index in [0.29, 0.717) is 5.92 Å². The van der Waals surface area contributed by atoms with Crippen molar-refractivity contribution in [2.45, 2.75) is 32.6 Å². The van der Waals surface area contributed by atoms with Crippen LogP contribution in [0.25, 0.3) is 0 Å². The van der Waals surface area contributed by atoms with Gasteiger partial charge in [-0.3, -0.25) is 0 Å². The third-order valence-corrected chi connectivity index (χ3v) is 3.38. The fraction of sp³-hybridized carbons (Fsp3) is 0.556. The zero-order valence-electron chi connectivity index (χ0n) is 6.93. The van der Waals surface area contributed by atoms with Crippen LogP contribution in [0, 0.1) is 0 Å². The lowest BCUT2D eigenvalue weighted by Crippen LogP contribution is -1.90. The first-order valence-electron chi connectivity index (χ1n) is 4.03. The molecule has 11 heavy (non-hydrogen) atoms. The van der Waals surface area contributed by atoms with Crippen molar-refractivity contribution in [3.05, 3.63) is 21.3 Å². The molecule has 1 rings (SSSR count). The van der Waals surface area contributed by atoms with Gasteiger partial charge in [-0.2, -0.15) is 0 Å². The van der Waals surface area contributed by atoms with Crippen LogP contribution in [0.5, 0.6) is 0 Å². The summed E-state index contributed by atoms with van der Waals surface area (Å²) in [5, 5.41) is 0. The van der Waals surface area contributed by atoms with E-state index < -0.39 is 0 Å². The van der Waals surface area contributed by atoms with Crippen LogP contribution >= 0.6 is 22.9 Å². The second-order valence-corrected chi connectivity index (χ2v) is 4.40. The van der Waals surface area contributed by atoms with Crippen LogP contribution in [0.1, 0.15) is 37.5 Å². The molecule has 0 atom stereocenters. The molecule has 0 amide bonds. The lowest BCUT2D eigenvalue weighted by molar-refractivity contribution is 0.653. The smallest absolute Gasteiger partial charge is 0.0931 e. The van der Waals surface area contributed by atoms with E-state index in [1.54, 1.807) is 11.3 Å². The van der Waals surface area contributed by atoms with E-state index in [1.807, 2.05) is 6.07 Å². The second kappa shape index (κ2) is 4.13. The molecule has 0 fully saturated rings. The average molecular weight is 189 g/mol. The molecule has 0 saturated carbocycles. The maximum atomic E-state index is 5.84. The minimum atomic E-state index is 0.715. The Balaban J connectivity index is 2.73. The predicted octanol–water partition coefficient (Wildman–Crippen LogP) is 4.31. The van der Waals surface area contributed by atoms with Gasteiger partial charge in [-0.1, -0.05) is 25.4 Å². The number of halogens is 1. The van der Waals surface area contributed by atoms with Crippen molar-refractivity contribution in [2.24, 2.45) is 0 Å². The Hall–Kier alpha value is -0.0100. The quantitative estimate of drug-likeness (QED) is 0.664. The van der Waals surface area contributed by atoms with Gasteiger partial charge in [0.2, 0.25) is 0 Å². The van der Waals surface area contributed by atoms with Gasteiger partial charge in [-0.25, -0.2) is 0 Å². The van der Waals surface area contributed by atoms with E-state index in [0.717, 1.165) is 4.34 Å². The maximum absolute atomic E-state index is 5.84. The van der Waals surface area contributed by atoms with E-state index in [-0.39, 0.29) is 0 Å². The van der Waals surface area contributed by atoms with Gasteiger partial charge < -0.3 is 0 Å². The van der Waals surface area contributed by atoms with Crippen LogP contribution in [0.4, 0.5) is 0 Å². The largest absolute Gasteiger partial charge is 0.128 e. The van der Waals surface area contributed by atoms with E-state index >= 15 is 0 Å². The highest BCUT2D eigenvalue weighted by atomic mass is 35.5. The van der Waals surface area contributed by atoms with E-state index in [2.05, 4.69) is 19.9 Å². The van der Waals surface area contributed by atoms with Crippen molar-refractivity contribution in [3.8, 4) is 0 Å². The van der Waals surface area contributed by atoms with Gasteiger partial charge in [0.15, 0.2) is 0 Å². The molecule has 0 unspecified atom stereocenters. The Morgan fingerprint density at radius 1 is 1.36 bits per heavy atom. The summed E-state index contributed by atoms with van der Waals surface area (Å²) in [7, 11) is 0. The molecule has 0 aliphatic heterocycles. The van der Waals surface area contributed by atoms with Crippen molar-refractivity contribution in [1.29, 1.82) is 0 Å². The Morgan fingerprint density at radius 3 is 2.36 bits per heavy atom. The first-order chi connectivity index (χ1) is 5.27. The van der Waals surface area contributed by atoms with Gasteiger partial charge in [0.1, 0.15) is 0 Å². The molecule has 1 heterocycles. The fourth-order valence-corrected chi connectivity index (χ4v) is 2.57. The molecule has 2 heteroatoms.